The molecule has 0 fully saturated rings. The molecule has 0 bridgehead atoms. The van der Waals surface area contributed by atoms with Crippen LogP contribution in [-0.4, -0.2) is 5.91 Å². The minimum absolute atomic E-state index is 0.362. The molecule has 0 saturated heterocycles. The lowest BCUT2D eigenvalue weighted by Crippen LogP contribution is -2.27. The molecule has 2 aromatic carbocycles. The van der Waals surface area contributed by atoms with Crippen LogP contribution in [0.15, 0.2) is 42.5 Å². The standard InChI is InChI=1S/C15H12F3NO/c1-9(10-2-4-11(16)5-3-10)19-15(20)13-8-12(17)6-7-14(13)18/h2-9H,1H3,(H,19,20)/t9-/m1/s1. The molecule has 0 aliphatic carbocycles. The van der Waals surface area contributed by atoms with E-state index in [1.165, 1.54) is 24.3 Å². The van der Waals surface area contributed by atoms with Crippen molar-refractivity contribution in [1.29, 1.82) is 0 Å². The van der Waals surface area contributed by atoms with Crippen LogP contribution in [0, 0.1) is 17.5 Å². The maximum atomic E-state index is 13.4. The van der Waals surface area contributed by atoms with Gasteiger partial charge in [-0.2, -0.15) is 0 Å². The van der Waals surface area contributed by atoms with E-state index >= 15 is 0 Å². The highest BCUT2D eigenvalue weighted by atomic mass is 19.1. The molecule has 104 valence electrons. The van der Waals surface area contributed by atoms with E-state index in [0.717, 1.165) is 18.2 Å². The van der Waals surface area contributed by atoms with Crippen LogP contribution in [0.25, 0.3) is 0 Å². The Morgan fingerprint density at radius 2 is 1.60 bits per heavy atom. The van der Waals surface area contributed by atoms with Gasteiger partial charge in [0, 0.05) is 0 Å². The number of amides is 1. The molecule has 1 amide bonds. The quantitative estimate of drug-likeness (QED) is 0.914. The molecule has 5 heteroatoms. The molecular formula is C15H12F3NO. The van der Waals surface area contributed by atoms with Gasteiger partial charge in [0.15, 0.2) is 0 Å². The van der Waals surface area contributed by atoms with Crippen molar-refractivity contribution in [2.24, 2.45) is 0 Å². The number of carbonyl (C=O) groups excluding carboxylic acids is 1. The molecule has 0 aromatic heterocycles. The van der Waals surface area contributed by atoms with Gasteiger partial charge in [0.1, 0.15) is 17.5 Å². The summed E-state index contributed by atoms with van der Waals surface area (Å²) in [5, 5.41) is 2.53. The number of halogens is 3. The lowest BCUT2D eigenvalue weighted by atomic mass is 10.1. The predicted molar refractivity (Wildman–Crippen MR) is 68.6 cm³/mol. The average Bonchev–Trinajstić information content (AvgIpc) is 2.42. The van der Waals surface area contributed by atoms with Gasteiger partial charge < -0.3 is 5.32 Å². The summed E-state index contributed by atoms with van der Waals surface area (Å²) in [6, 6.07) is 7.78. The van der Waals surface area contributed by atoms with Gasteiger partial charge in [0.25, 0.3) is 5.91 Å². The van der Waals surface area contributed by atoms with Crippen LogP contribution in [-0.2, 0) is 0 Å². The first-order valence-corrected chi connectivity index (χ1v) is 5.99. The highest BCUT2D eigenvalue weighted by Crippen LogP contribution is 2.15. The Kier molecular flexibility index (Phi) is 4.08. The molecule has 0 spiro atoms. The SMILES string of the molecule is C[C@@H](NC(=O)c1cc(F)ccc1F)c1ccc(F)cc1. The average molecular weight is 279 g/mol. The molecular weight excluding hydrogens is 267 g/mol. The van der Waals surface area contributed by atoms with Crippen molar-refractivity contribution in [3.63, 3.8) is 0 Å². The van der Waals surface area contributed by atoms with Gasteiger partial charge >= 0.3 is 0 Å². The molecule has 0 unspecified atom stereocenters. The van der Waals surface area contributed by atoms with Gasteiger partial charge in [-0.05, 0) is 42.8 Å². The molecule has 2 aromatic rings. The second-order valence-electron chi connectivity index (χ2n) is 4.37. The fourth-order valence-electron chi connectivity index (χ4n) is 1.78. The lowest BCUT2D eigenvalue weighted by Gasteiger charge is -2.14. The van der Waals surface area contributed by atoms with E-state index < -0.39 is 23.6 Å². The van der Waals surface area contributed by atoms with Gasteiger partial charge in [0.05, 0.1) is 11.6 Å². The summed E-state index contributed by atoms with van der Waals surface area (Å²) >= 11 is 0. The molecule has 0 saturated carbocycles. The maximum Gasteiger partial charge on any atom is 0.254 e. The first-order chi connectivity index (χ1) is 9.47. The Morgan fingerprint density at radius 1 is 1.00 bits per heavy atom. The lowest BCUT2D eigenvalue weighted by molar-refractivity contribution is 0.0935. The minimum atomic E-state index is -0.796. The third-order valence-electron chi connectivity index (χ3n) is 2.89. The van der Waals surface area contributed by atoms with Crippen molar-refractivity contribution in [1.82, 2.24) is 5.32 Å². The van der Waals surface area contributed by atoms with E-state index in [2.05, 4.69) is 5.32 Å². The van der Waals surface area contributed by atoms with Crippen molar-refractivity contribution in [3.8, 4) is 0 Å². The van der Waals surface area contributed by atoms with Crippen molar-refractivity contribution >= 4 is 5.91 Å². The van der Waals surface area contributed by atoms with Gasteiger partial charge in [-0.25, -0.2) is 13.2 Å². The summed E-state index contributed by atoms with van der Waals surface area (Å²) in [5.74, 6) is -2.59. The van der Waals surface area contributed by atoms with Crippen LogP contribution in [0.3, 0.4) is 0 Å². The number of nitrogens with one attached hydrogen (secondary N) is 1. The van der Waals surface area contributed by atoms with Crippen molar-refractivity contribution in [2.75, 3.05) is 0 Å². The highest BCUT2D eigenvalue weighted by Gasteiger charge is 2.16. The second kappa shape index (κ2) is 5.77. The molecule has 2 nitrogen and oxygen atoms in total. The van der Waals surface area contributed by atoms with Gasteiger partial charge in [-0.1, -0.05) is 12.1 Å². The summed E-state index contributed by atoms with van der Waals surface area (Å²) in [4.78, 5) is 11.9. The molecule has 0 radical (unpaired) electrons. The van der Waals surface area contributed by atoms with E-state index in [4.69, 9.17) is 0 Å². The van der Waals surface area contributed by atoms with Crippen LogP contribution in [0.2, 0.25) is 0 Å². The summed E-state index contributed by atoms with van der Waals surface area (Å²) in [7, 11) is 0. The number of hydrogen-bond donors (Lipinski definition) is 1. The zero-order chi connectivity index (χ0) is 14.7. The molecule has 0 aliphatic heterocycles. The Hall–Kier alpha value is -2.30. The number of rotatable bonds is 3. The third-order valence-corrected chi connectivity index (χ3v) is 2.89. The minimum Gasteiger partial charge on any atom is -0.345 e. The molecule has 1 atom stereocenters. The second-order valence-corrected chi connectivity index (χ2v) is 4.37. The Balaban J connectivity index is 2.15. The number of carbonyl (C=O) groups is 1. The van der Waals surface area contributed by atoms with E-state index in [0.29, 0.717) is 5.56 Å². The number of benzene rings is 2. The van der Waals surface area contributed by atoms with E-state index in [9.17, 15) is 18.0 Å². The molecule has 1 N–H and O–H groups in total. The van der Waals surface area contributed by atoms with E-state index in [1.807, 2.05) is 0 Å². The van der Waals surface area contributed by atoms with Gasteiger partial charge in [-0.15, -0.1) is 0 Å². The summed E-state index contributed by atoms with van der Waals surface area (Å²) in [6.45, 7) is 1.67. The Labute approximate surface area is 114 Å². The van der Waals surface area contributed by atoms with Crippen molar-refractivity contribution < 1.29 is 18.0 Å². The molecule has 2 rings (SSSR count). The first kappa shape index (κ1) is 14.1. The summed E-state index contributed by atoms with van der Waals surface area (Å²) < 4.78 is 39.3. The maximum absolute atomic E-state index is 13.4. The fourth-order valence-corrected chi connectivity index (χ4v) is 1.78. The normalized spacial score (nSPS) is 12.0. The zero-order valence-corrected chi connectivity index (χ0v) is 10.7. The Bertz CT molecular complexity index is 626. The van der Waals surface area contributed by atoms with Gasteiger partial charge in [0.2, 0.25) is 0 Å². The molecule has 20 heavy (non-hydrogen) atoms. The molecule has 0 aliphatic rings. The van der Waals surface area contributed by atoms with Crippen LogP contribution >= 0.6 is 0 Å². The largest absolute Gasteiger partial charge is 0.345 e. The first-order valence-electron chi connectivity index (χ1n) is 5.99. The smallest absolute Gasteiger partial charge is 0.254 e. The van der Waals surface area contributed by atoms with Crippen LogP contribution in [0.4, 0.5) is 13.2 Å². The topological polar surface area (TPSA) is 29.1 Å². The predicted octanol–water partition coefficient (Wildman–Crippen LogP) is 3.59. The monoisotopic (exact) mass is 279 g/mol. The summed E-state index contributed by atoms with van der Waals surface area (Å²) in [5.41, 5.74) is 0.301. The highest BCUT2D eigenvalue weighted by molar-refractivity contribution is 5.94. The van der Waals surface area contributed by atoms with Crippen LogP contribution in [0.1, 0.15) is 28.9 Å². The zero-order valence-electron chi connectivity index (χ0n) is 10.7. The fraction of sp³-hybridized carbons (Fsp3) is 0.133. The van der Waals surface area contributed by atoms with E-state index in [-0.39, 0.29) is 11.4 Å². The van der Waals surface area contributed by atoms with Crippen molar-refractivity contribution in [3.05, 3.63) is 71.0 Å². The van der Waals surface area contributed by atoms with Gasteiger partial charge in [-0.3, -0.25) is 4.79 Å². The van der Waals surface area contributed by atoms with E-state index in [1.54, 1.807) is 6.92 Å². The third kappa shape index (κ3) is 3.17. The van der Waals surface area contributed by atoms with Crippen molar-refractivity contribution in [2.45, 2.75) is 13.0 Å². The Morgan fingerprint density at radius 3 is 2.25 bits per heavy atom. The van der Waals surface area contributed by atoms with Crippen LogP contribution < -0.4 is 5.32 Å². The molecule has 0 heterocycles. The summed E-state index contributed by atoms with van der Waals surface area (Å²) in [6.07, 6.45) is 0. The van der Waals surface area contributed by atoms with Crippen LogP contribution in [0.5, 0.6) is 0 Å². The number of hydrogen-bond acceptors (Lipinski definition) is 1.